The van der Waals surface area contributed by atoms with Crippen molar-refractivity contribution >= 4 is 0 Å². The van der Waals surface area contributed by atoms with E-state index in [0.29, 0.717) is 5.92 Å². The molecule has 0 bridgehead atoms. The topological polar surface area (TPSA) is 29.5 Å². The first-order chi connectivity index (χ1) is 6.80. The van der Waals surface area contributed by atoms with Crippen LogP contribution in [0.3, 0.4) is 0 Å². The predicted octanol–water partition coefficient (Wildman–Crippen LogP) is 2.72. The second-order valence-electron chi connectivity index (χ2n) is 5.87. The van der Waals surface area contributed by atoms with Crippen LogP contribution in [0.25, 0.3) is 0 Å². The van der Waals surface area contributed by atoms with Crippen LogP contribution in [0.2, 0.25) is 0 Å². The minimum absolute atomic E-state index is 0.110. The first-order valence-electron chi connectivity index (χ1n) is 5.85. The third kappa shape index (κ3) is 1.27. The summed E-state index contributed by atoms with van der Waals surface area (Å²) in [6.45, 7) is 10.6. The molecule has 15 heavy (non-hydrogen) atoms. The van der Waals surface area contributed by atoms with Gasteiger partial charge in [0, 0.05) is 11.3 Å². The molecule has 86 valence electrons. The van der Waals surface area contributed by atoms with Crippen LogP contribution >= 0.6 is 0 Å². The molecule has 0 amide bonds. The predicted molar refractivity (Wildman–Crippen MR) is 60.3 cm³/mol. The summed E-state index contributed by atoms with van der Waals surface area (Å²) in [6.07, 6.45) is 3.05. The normalized spacial score (nSPS) is 54.5. The van der Waals surface area contributed by atoms with Crippen LogP contribution < -0.4 is 0 Å². The number of fused-ring (bicyclic) bond motifs is 1. The molecule has 0 aromatic carbocycles. The second-order valence-corrected chi connectivity index (χ2v) is 5.87. The zero-order chi connectivity index (χ0) is 11.4. The van der Waals surface area contributed by atoms with Gasteiger partial charge >= 0.3 is 0 Å². The number of hydrogen-bond donors (Lipinski definition) is 1. The maximum atomic E-state index is 10.6. The van der Waals surface area contributed by atoms with Crippen molar-refractivity contribution in [1.29, 1.82) is 0 Å². The smallest absolute Gasteiger partial charge is 0.101 e. The Morgan fingerprint density at radius 3 is 2.53 bits per heavy atom. The molecule has 5 atom stereocenters. The fourth-order valence-electron chi connectivity index (χ4n) is 3.74. The lowest BCUT2D eigenvalue weighted by Gasteiger charge is -2.44. The summed E-state index contributed by atoms with van der Waals surface area (Å²) < 4.78 is 5.63. The third-order valence-corrected chi connectivity index (χ3v) is 4.87. The number of rotatable bonds is 0. The first-order valence-corrected chi connectivity index (χ1v) is 5.85. The van der Waals surface area contributed by atoms with Crippen molar-refractivity contribution < 1.29 is 9.84 Å². The zero-order valence-electron chi connectivity index (χ0n) is 10.4. The highest BCUT2D eigenvalue weighted by Crippen LogP contribution is 2.59. The molecule has 1 fully saturated rings. The van der Waals surface area contributed by atoms with Gasteiger partial charge in [-0.1, -0.05) is 13.8 Å². The SMILES string of the molecule is CC1=CO[C@@H](C)[C@@H]2[C@@](C)(O)[C@@H](C)C[C@]12C. The van der Waals surface area contributed by atoms with Crippen molar-refractivity contribution in [2.24, 2.45) is 17.3 Å². The van der Waals surface area contributed by atoms with Crippen LogP contribution in [0.15, 0.2) is 11.8 Å². The quantitative estimate of drug-likeness (QED) is 0.666. The monoisotopic (exact) mass is 210 g/mol. The van der Waals surface area contributed by atoms with E-state index in [1.54, 1.807) is 0 Å². The van der Waals surface area contributed by atoms with E-state index in [9.17, 15) is 5.11 Å². The van der Waals surface area contributed by atoms with Crippen LogP contribution in [0, 0.1) is 17.3 Å². The van der Waals surface area contributed by atoms with Gasteiger partial charge in [0.05, 0.1) is 11.9 Å². The van der Waals surface area contributed by atoms with Gasteiger partial charge in [-0.2, -0.15) is 0 Å². The van der Waals surface area contributed by atoms with Crippen molar-refractivity contribution in [3.05, 3.63) is 11.8 Å². The summed E-state index contributed by atoms with van der Waals surface area (Å²) in [6, 6.07) is 0. The van der Waals surface area contributed by atoms with Crippen molar-refractivity contribution in [1.82, 2.24) is 0 Å². The summed E-state index contributed by atoms with van der Waals surface area (Å²) in [5, 5.41) is 10.6. The first kappa shape index (κ1) is 11.0. The second kappa shape index (κ2) is 3.00. The largest absolute Gasteiger partial charge is 0.498 e. The number of allylic oxidation sites excluding steroid dienone is 1. The lowest BCUT2D eigenvalue weighted by molar-refractivity contribution is -0.0895. The Morgan fingerprint density at radius 2 is 2.00 bits per heavy atom. The molecule has 0 saturated heterocycles. The number of aliphatic hydroxyl groups is 1. The van der Waals surface area contributed by atoms with Gasteiger partial charge in [0.2, 0.25) is 0 Å². The van der Waals surface area contributed by atoms with E-state index in [1.165, 1.54) is 5.57 Å². The van der Waals surface area contributed by atoms with Gasteiger partial charge in [0.15, 0.2) is 0 Å². The molecule has 2 heteroatoms. The van der Waals surface area contributed by atoms with Crippen LogP contribution in [0.4, 0.5) is 0 Å². The zero-order valence-corrected chi connectivity index (χ0v) is 10.4. The number of hydrogen-bond acceptors (Lipinski definition) is 2. The molecule has 0 unspecified atom stereocenters. The summed E-state index contributed by atoms with van der Waals surface area (Å²) >= 11 is 0. The van der Waals surface area contributed by atoms with Gasteiger partial charge in [-0.15, -0.1) is 0 Å². The lowest BCUT2D eigenvalue weighted by Crippen LogP contribution is -2.47. The Bertz CT molecular complexity index is 306. The highest BCUT2D eigenvalue weighted by molar-refractivity contribution is 5.22. The standard InChI is InChI=1S/C13H22O2/c1-8-6-12(4)9(2)7-15-10(3)11(12)13(8,5)14/h7-8,10-11,14H,6H2,1-5H3/t8-,10-,11-,12+,13-/m0/s1. The molecular weight excluding hydrogens is 188 g/mol. The highest BCUT2D eigenvalue weighted by atomic mass is 16.5. The molecule has 2 aliphatic rings. The van der Waals surface area contributed by atoms with Crippen LogP contribution in [-0.4, -0.2) is 16.8 Å². The maximum absolute atomic E-state index is 10.6. The Labute approximate surface area is 92.3 Å². The molecule has 2 rings (SSSR count). The van der Waals surface area contributed by atoms with Crippen molar-refractivity contribution in [2.75, 3.05) is 0 Å². The van der Waals surface area contributed by atoms with Gasteiger partial charge < -0.3 is 9.84 Å². The average Bonchev–Trinajstić information content (AvgIpc) is 2.29. The van der Waals surface area contributed by atoms with Crippen LogP contribution in [0.1, 0.15) is 41.0 Å². The highest BCUT2D eigenvalue weighted by Gasteiger charge is 2.59. The summed E-state index contributed by atoms with van der Waals surface area (Å²) in [5.41, 5.74) is 0.778. The molecule has 0 radical (unpaired) electrons. The van der Waals surface area contributed by atoms with E-state index < -0.39 is 5.60 Å². The van der Waals surface area contributed by atoms with E-state index in [2.05, 4.69) is 27.7 Å². The molecule has 2 nitrogen and oxygen atoms in total. The molecule has 1 aliphatic heterocycles. The van der Waals surface area contributed by atoms with Crippen LogP contribution in [0.5, 0.6) is 0 Å². The Balaban J connectivity index is 2.48. The van der Waals surface area contributed by atoms with E-state index in [4.69, 9.17) is 4.74 Å². The molecule has 0 spiro atoms. The Morgan fingerprint density at radius 1 is 1.40 bits per heavy atom. The maximum Gasteiger partial charge on any atom is 0.101 e. The Kier molecular flexibility index (Phi) is 2.20. The minimum Gasteiger partial charge on any atom is -0.498 e. The van der Waals surface area contributed by atoms with Gasteiger partial charge in [-0.25, -0.2) is 0 Å². The molecule has 1 heterocycles. The summed E-state index contributed by atoms with van der Waals surface area (Å²) in [5.74, 6) is 0.546. The molecule has 0 aromatic heterocycles. The van der Waals surface area contributed by atoms with Gasteiger partial charge in [0.1, 0.15) is 6.10 Å². The van der Waals surface area contributed by atoms with E-state index in [-0.39, 0.29) is 17.4 Å². The van der Waals surface area contributed by atoms with Crippen LogP contribution in [-0.2, 0) is 4.74 Å². The van der Waals surface area contributed by atoms with E-state index in [0.717, 1.165) is 6.42 Å². The summed E-state index contributed by atoms with van der Waals surface area (Å²) in [7, 11) is 0. The fourth-order valence-corrected chi connectivity index (χ4v) is 3.74. The van der Waals surface area contributed by atoms with E-state index in [1.807, 2.05) is 13.2 Å². The van der Waals surface area contributed by atoms with Crippen molar-refractivity contribution in [2.45, 2.75) is 52.7 Å². The Hall–Kier alpha value is -0.500. The van der Waals surface area contributed by atoms with E-state index >= 15 is 0 Å². The fraction of sp³-hybridized carbons (Fsp3) is 0.846. The van der Waals surface area contributed by atoms with Crippen molar-refractivity contribution in [3.63, 3.8) is 0 Å². The van der Waals surface area contributed by atoms with Gasteiger partial charge in [0.25, 0.3) is 0 Å². The molecule has 1 saturated carbocycles. The van der Waals surface area contributed by atoms with Gasteiger partial charge in [-0.3, -0.25) is 0 Å². The molecule has 1 aliphatic carbocycles. The third-order valence-electron chi connectivity index (χ3n) is 4.87. The molecule has 0 aromatic rings. The van der Waals surface area contributed by atoms with Gasteiger partial charge in [-0.05, 0) is 38.7 Å². The summed E-state index contributed by atoms with van der Waals surface area (Å²) in [4.78, 5) is 0. The molecular formula is C13H22O2. The lowest BCUT2D eigenvalue weighted by atomic mass is 9.68. The number of ether oxygens (including phenoxy) is 1. The van der Waals surface area contributed by atoms with Crippen molar-refractivity contribution in [3.8, 4) is 0 Å². The minimum atomic E-state index is -0.607. The molecule has 1 N–H and O–H groups in total. The average molecular weight is 210 g/mol.